The number of rotatable bonds is 11. The Hall–Kier alpha value is -5.45. The lowest BCUT2D eigenvalue weighted by Gasteiger charge is -2.16. The summed E-state index contributed by atoms with van der Waals surface area (Å²) in [5.41, 5.74) is 1.12. The van der Waals surface area contributed by atoms with E-state index in [1.54, 1.807) is 50.2 Å². The Morgan fingerprint density at radius 2 is 1.98 bits per heavy atom. The first-order chi connectivity index (χ1) is 19.7. The highest BCUT2D eigenvalue weighted by molar-refractivity contribution is 5.99. The number of carbonyl (C=O) groups is 1. The van der Waals surface area contributed by atoms with Crippen LogP contribution in [0.15, 0.2) is 47.5 Å². The summed E-state index contributed by atoms with van der Waals surface area (Å²) in [4.78, 5) is 40.0. The highest BCUT2D eigenvalue weighted by atomic mass is 16.6. The van der Waals surface area contributed by atoms with Gasteiger partial charge in [0.05, 0.1) is 29.3 Å². The van der Waals surface area contributed by atoms with Crippen molar-refractivity contribution in [3.8, 4) is 29.5 Å². The molecule has 0 spiro atoms. The summed E-state index contributed by atoms with van der Waals surface area (Å²) >= 11 is 0. The number of nitrogens with zero attached hydrogens (tertiary/aromatic N) is 7. The van der Waals surface area contributed by atoms with Crippen molar-refractivity contribution in [3.63, 3.8) is 0 Å². The van der Waals surface area contributed by atoms with E-state index >= 15 is 0 Å². The molecule has 1 aromatic heterocycles. The first-order valence-corrected chi connectivity index (χ1v) is 12.6. The number of amidine groups is 1. The topological polar surface area (TPSA) is 168 Å². The second-order valence-electron chi connectivity index (χ2n) is 8.97. The Balaban J connectivity index is 1.75. The number of nitrogens with one attached hydrogen (secondary N) is 1. The van der Waals surface area contributed by atoms with Gasteiger partial charge < -0.3 is 29.3 Å². The molecule has 14 heteroatoms. The van der Waals surface area contributed by atoms with Gasteiger partial charge in [0.2, 0.25) is 5.82 Å². The van der Waals surface area contributed by atoms with Crippen LogP contribution in [-0.4, -0.2) is 79.0 Å². The Labute approximate surface area is 236 Å². The average molecular weight is 561 g/mol. The molecule has 0 saturated heterocycles. The van der Waals surface area contributed by atoms with E-state index in [0.717, 1.165) is 17.9 Å². The number of likely N-dealkylation sites (N-methyl/N-ethyl adjacent to an activating group) is 1. The van der Waals surface area contributed by atoms with Crippen LogP contribution >= 0.6 is 0 Å². The van der Waals surface area contributed by atoms with Crippen LogP contribution in [0.5, 0.6) is 23.4 Å². The fourth-order valence-electron chi connectivity index (χ4n) is 3.99. The maximum atomic E-state index is 12.2. The predicted octanol–water partition coefficient (Wildman–Crippen LogP) is 3.57. The third kappa shape index (κ3) is 6.77. The van der Waals surface area contributed by atoms with Gasteiger partial charge in [0.1, 0.15) is 29.9 Å². The molecular weight excluding hydrogens is 532 g/mol. The van der Waals surface area contributed by atoms with Gasteiger partial charge in [0.25, 0.3) is 0 Å². The molecule has 2 aromatic carbocycles. The number of esters is 1. The van der Waals surface area contributed by atoms with Gasteiger partial charge >= 0.3 is 23.5 Å². The van der Waals surface area contributed by atoms with Crippen molar-refractivity contribution in [2.24, 2.45) is 4.99 Å². The second-order valence-corrected chi connectivity index (χ2v) is 8.97. The number of benzene rings is 2. The van der Waals surface area contributed by atoms with Crippen molar-refractivity contribution >= 4 is 29.0 Å². The summed E-state index contributed by atoms with van der Waals surface area (Å²) in [5, 5.41) is 24.2. The highest BCUT2D eigenvalue weighted by Crippen LogP contribution is 2.38. The van der Waals surface area contributed by atoms with Gasteiger partial charge in [-0.2, -0.15) is 15.2 Å². The summed E-state index contributed by atoms with van der Waals surface area (Å²) in [6.07, 6.45) is 0. The van der Waals surface area contributed by atoms with E-state index in [9.17, 15) is 20.2 Å². The van der Waals surface area contributed by atoms with Gasteiger partial charge in [-0.05, 0) is 31.2 Å². The normalized spacial score (nSPS) is 12.3. The van der Waals surface area contributed by atoms with Gasteiger partial charge in [-0.1, -0.05) is 12.1 Å². The second kappa shape index (κ2) is 12.6. The van der Waals surface area contributed by atoms with E-state index in [4.69, 9.17) is 14.2 Å². The summed E-state index contributed by atoms with van der Waals surface area (Å²) in [5.74, 6) is -0.0333. The third-order valence-electron chi connectivity index (χ3n) is 5.87. The highest BCUT2D eigenvalue weighted by Gasteiger charge is 2.29. The number of aliphatic imine (C=N–C) groups is 1. The van der Waals surface area contributed by atoms with E-state index in [1.165, 1.54) is 12.1 Å². The minimum atomic E-state index is -0.724. The van der Waals surface area contributed by atoms with E-state index in [2.05, 4.69) is 26.3 Å². The van der Waals surface area contributed by atoms with Crippen molar-refractivity contribution in [2.75, 3.05) is 57.6 Å². The number of anilines is 2. The smallest absolute Gasteiger partial charge is 0.373 e. The standard InChI is InChI=1S/C27H28N8O6/c1-5-39-22(36)16-30-24-23(35(37)38)26(40-20-10-9-18(15-28)21(14-20)33(2)3)32-27(31-24)41-19-8-6-7-17(13-19)25-29-11-12-34(25)4/h6-10,13-14H,5,11-12,16H2,1-4H3,(H,30,31,32). The van der Waals surface area contributed by atoms with Crippen molar-refractivity contribution in [3.05, 3.63) is 63.7 Å². The molecule has 0 aliphatic carbocycles. The maximum Gasteiger partial charge on any atom is 0.373 e. The zero-order valence-corrected chi connectivity index (χ0v) is 22.9. The first kappa shape index (κ1) is 28.6. The van der Waals surface area contributed by atoms with E-state index < -0.39 is 29.0 Å². The van der Waals surface area contributed by atoms with Crippen molar-refractivity contribution in [1.29, 1.82) is 5.26 Å². The largest absolute Gasteiger partial charge is 0.465 e. The third-order valence-corrected chi connectivity index (χ3v) is 5.87. The Bertz CT molecular complexity index is 1530. The van der Waals surface area contributed by atoms with Crippen molar-refractivity contribution in [1.82, 2.24) is 14.9 Å². The first-order valence-electron chi connectivity index (χ1n) is 12.6. The van der Waals surface area contributed by atoms with Crippen LogP contribution in [0.1, 0.15) is 18.1 Å². The summed E-state index contributed by atoms with van der Waals surface area (Å²) in [7, 11) is 5.44. The van der Waals surface area contributed by atoms with Crippen LogP contribution in [0.25, 0.3) is 0 Å². The van der Waals surface area contributed by atoms with Crippen LogP contribution in [0, 0.1) is 21.4 Å². The van der Waals surface area contributed by atoms with Gasteiger partial charge in [0.15, 0.2) is 0 Å². The molecule has 212 valence electrons. The molecule has 41 heavy (non-hydrogen) atoms. The lowest BCUT2D eigenvalue weighted by Crippen LogP contribution is -2.23. The minimum absolute atomic E-state index is 0.138. The molecule has 0 saturated carbocycles. The quantitative estimate of drug-likeness (QED) is 0.206. The average Bonchev–Trinajstić information content (AvgIpc) is 3.37. The number of hydrogen-bond acceptors (Lipinski definition) is 13. The molecule has 1 aliphatic heterocycles. The molecule has 2 heterocycles. The molecule has 0 radical (unpaired) electrons. The fourth-order valence-corrected chi connectivity index (χ4v) is 3.99. The number of nitriles is 1. The van der Waals surface area contributed by atoms with Crippen LogP contribution in [0.3, 0.4) is 0 Å². The molecule has 1 N–H and O–H groups in total. The van der Waals surface area contributed by atoms with Crippen molar-refractivity contribution < 1.29 is 23.9 Å². The van der Waals surface area contributed by atoms with E-state index in [0.29, 0.717) is 23.5 Å². The number of aromatic nitrogens is 2. The van der Waals surface area contributed by atoms with Crippen molar-refractivity contribution in [2.45, 2.75) is 6.92 Å². The predicted molar refractivity (Wildman–Crippen MR) is 150 cm³/mol. The lowest BCUT2D eigenvalue weighted by atomic mass is 10.2. The minimum Gasteiger partial charge on any atom is -0.465 e. The summed E-state index contributed by atoms with van der Waals surface area (Å²) in [6.45, 7) is 2.87. The molecule has 0 amide bonds. The van der Waals surface area contributed by atoms with E-state index in [-0.39, 0.29) is 24.2 Å². The van der Waals surface area contributed by atoms with Gasteiger partial charge in [-0.15, -0.1) is 0 Å². The Morgan fingerprint density at radius 1 is 1.20 bits per heavy atom. The number of ether oxygens (including phenoxy) is 3. The SMILES string of the molecule is CCOC(=O)CNc1nc(Oc2cccc(C3=NCCN3C)c2)nc(Oc2ccc(C#N)c(N(C)C)c2)c1[N+](=O)[O-]. The molecule has 0 unspecified atom stereocenters. The molecule has 14 nitrogen and oxygen atoms in total. The molecule has 0 fully saturated rings. The monoisotopic (exact) mass is 560 g/mol. The molecular formula is C27H28N8O6. The van der Waals surface area contributed by atoms with Gasteiger partial charge in [-0.25, -0.2) is 0 Å². The molecule has 4 rings (SSSR count). The number of carbonyl (C=O) groups excluding carboxylic acids is 1. The zero-order valence-electron chi connectivity index (χ0n) is 22.9. The maximum absolute atomic E-state index is 12.2. The van der Waals surface area contributed by atoms with E-state index in [1.807, 2.05) is 18.0 Å². The van der Waals surface area contributed by atoms with Gasteiger partial charge in [0, 0.05) is 39.3 Å². The van der Waals surface area contributed by atoms with Crippen LogP contribution in [0.4, 0.5) is 17.2 Å². The molecule has 3 aromatic rings. The number of hydrogen-bond donors (Lipinski definition) is 1. The lowest BCUT2D eigenvalue weighted by molar-refractivity contribution is -0.385. The van der Waals surface area contributed by atoms with Crippen LogP contribution in [0.2, 0.25) is 0 Å². The Morgan fingerprint density at radius 3 is 2.63 bits per heavy atom. The van der Waals surface area contributed by atoms with Crippen LogP contribution < -0.4 is 19.7 Å². The fraction of sp³-hybridized carbons (Fsp3) is 0.296. The summed E-state index contributed by atoms with van der Waals surface area (Å²) in [6, 6.07) is 13.5. The molecule has 0 atom stereocenters. The Kier molecular flexibility index (Phi) is 8.78. The zero-order chi connectivity index (χ0) is 29.5. The molecule has 0 bridgehead atoms. The number of nitro groups is 1. The molecule has 1 aliphatic rings. The summed E-state index contributed by atoms with van der Waals surface area (Å²) < 4.78 is 16.7. The van der Waals surface area contributed by atoms with Gasteiger partial charge in [-0.3, -0.25) is 19.9 Å². The van der Waals surface area contributed by atoms with Crippen LogP contribution in [-0.2, 0) is 9.53 Å².